The van der Waals surface area contributed by atoms with Crippen molar-refractivity contribution in [1.82, 2.24) is 14.9 Å². The number of hydrogen-bond donors (Lipinski definition) is 0. The van der Waals surface area contributed by atoms with E-state index in [0.29, 0.717) is 5.02 Å². The summed E-state index contributed by atoms with van der Waals surface area (Å²) in [4.78, 5) is 13.2. The zero-order valence-electron chi connectivity index (χ0n) is 11.8. The van der Waals surface area contributed by atoms with E-state index in [1.54, 1.807) is 0 Å². The van der Waals surface area contributed by atoms with Crippen LogP contribution in [0.15, 0.2) is 30.3 Å². The van der Waals surface area contributed by atoms with Crippen LogP contribution in [0.4, 0.5) is 5.82 Å². The number of aromatic nitrogens is 2. The lowest BCUT2D eigenvalue weighted by Gasteiger charge is -2.33. The maximum atomic E-state index is 6.09. The lowest BCUT2D eigenvalue weighted by Crippen LogP contribution is -2.44. The van der Waals surface area contributed by atoms with E-state index >= 15 is 0 Å². The second-order valence-corrected chi connectivity index (χ2v) is 5.95. The smallest absolute Gasteiger partial charge is 0.224 e. The third-order valence-electron chi connectivity index (χ3n) is 3.65. The average Bonchev–Trinajstić information content (AvgIpc) is 2.48. The summed E-state index contributed by atoms with van der Waals surface area (Å²) < 4.78 is 0. The van der Waals surface area contributed by atoms with E-state index in [9.17, 15) is 0 Å². The summed E-state index contributed by atoms with van der Waals surface area (Å²) in [7, 11) is 2.13. The Morgan fingerprint density at radius 3 is 2.29 bits per heavy atom. The summed E-state index contributed by atoms with van der Waals surface area (Å²) >= 11 is 12.0. The van der Waals surface area contributed by atoms with Crippen molar-refractivity contribution in [2.75, 3.05) is 38.1 Å². The summed E-state index contributed by atoms with van der Waals surface area (Å²) in [6, 6.07) is 9.56. The molecule has 0 atom stereocenters. The molecule has 6 heteroatoms. The second-order valence-electron chi connectivity index (χ2n) is 5.18. The van der Waals surface area contributed by atoms with Gasteiger partial charge in [-0.05, 0) is 30.8 Å². The second kappa shape index (κ2) is 6.18. The summed E-state index contributed by atoms with van der Waals surface area (Å²) in [6.45, 7) is 3.95. The molecule has 0 amide bonds. The van der Waals surface area contributed by atoms with Crippen LogP contribution in [0.3, 0.4) is 0 Å². The Morgan fingerprint density at radius 2 is 1.62 bits per heavy atom. The topological polar surface area (TPSA) is 32.3 Å². The van der Waals surface area contributed by atoms with Gasteiger partial charge in [0.05, 0.1) is 5.69 Å². The molecule has 21 heavy (non-hydrogen) atoms. The molecule has 0 aliphatic carbocycles. The highest BCUT2D eigenvalue weighted by molar-refractivity contribution is 6.30. The van der Waals surface area contributed by atoms with Crippen LogP contribution in [0.2, 0.25) is 10.3 Å². The molecule has 4 nitrogen and oxygen atoms in total. The molecule has 2 aromatic rings. The first kappa shape index (κ1) is 14.6. The monoisotopic (exact) mass is 322 g/mol. The molecule has 0 bridgehead atoms. The minimum atomic E-state index is 0.274. The molecule has 0 radical (unpaired) electrons. The molecule has 3 rings (SSSR count). The van der Waals surface area contributed by atoms with E-state index in [-0.39, 0.29) is 5.28 Å². The first-order valence-electron chi connectivity index (χ1n) is 6.86. The third kappa shape index (κ3) is 3.46. The van der Waals surface area contributed by atoms with Gasteiger partial charge in [-0.25, -0.2) is 9.97 Å². The van der Waals surface area contributed by atoms with Crippen molar-refractivity contribution in [3.63, 3.8) is 0 Å². The maximum Gasteiger partial charge on any atom is 0.224 e. The fourth-order valence-electron chi connectivity index (χ4n) is 2.37. The van der Waals surface area contributed by atoms with Crippen molar-refractivity contribution in [2.24, 2.45) is 0 Å². The molecule has 2 heterocycles. The number of halogens is 2. The normalized spacial score (nSPS) is 16.2. The van der Waals surface area contributed by atoms with Crippen molar-refractivity contribution in [3.8, 4) is 11.3 Å². The van der Waals surface area contributed by atoms with Gasteiger partial charge in [0.25, 0.3) is 0 Å². The maximum absolute atomic E-state index is 6.09. The summed E-state index contributed by atoms with van der Waals surface area (Å²) in [5.41, 5.74) is 1.81. The van der Waals surface area contributed by atoms with Gasteiger partial charge >= 0.3 is 0 Å². The van der Waals surface area contributed by atoms with Crippen LogP contribution in [0.5, 0.6) is 0 Å². The van der Waals surface area contributed by atoms with Crippen molar-refractivity contribution >= 4 is 29.0 Å². The Balaban J connectivity index is 1.91. The minimum Gasteiger partial charge on any atom is -0.354 e. The molecule has 1 saturated heterocycles. The molecule has 1 aromatic carbocycles. The van der Waals surface area contributed by atoms with Gasteiger partial charge in [0, 0.05) is 42.8 Å². The zero-order valence-corrected chi connectivity index (χ0v) is 13.3. The van der Waals surface area contributed by atoms with Crippen molar-refractivity contribution in [1.29, 1.82) is 0 Å². The first-order chi connectivity index (χ1) is 10.1. The van der Waals surface area contributed by atoms with Crippen LogP contribution in [-0.4, -0.2) is 48.1 Å². The van der Waals surface area contributed by atoms with Crippen LogP contribution in [0.1, 0.15) is 0 Å². The lowest BCUT2D eigenvalue weighted by molar-refractivity contribution is 0.312. The number of rotatable bonds is 2. The Labute approximate surface area is 134 Å². The largest absolute Gasteiger partial charge is 0.354 e. The molecule has 1 aromatic heterocycles. The number of likely N-dealkylation sites (N-methyl/N-ethyl adjacent to an activating group) is 1. The molecular weight excluding hydrogens is 307 g/mol. The molecule has 110 valence electrons. The first-order valence-corrected chi connectivity index (χ1v) is 7.61. The molecule has 1 aliphatic rings. The SMILES string of the molecule is CN1CCN(c2cc(-c3ccc(Cl)cc3)nc(Cl)n2)CC1. The van der Waals surface area contributed by atoms with Gasteiger partial charge in [0.2, 0.25) is 5.28 Å². The van der Waals surface area contributed by atoms with E-state index in [1.807, 2.05) is 30.3 Å². The van der Waals surface area contributed by atoms with Gasteiger partial charge in [0.1, 0.15) is 5.82 Å². The predicted molar refractivity (Wildman–Crippen MR) is 87.2 cm³/mol. The molecule has 0 saturated carbocycles. The van der Waals surface area contributed by atoms with Gasteiger partial charge in [-0.2, -0.15) is 0 Å². The van der Waals surface area contributed by atoms with Crippen LogP contribution in [-0.2, 0) is 0 Å². The van der Waals surface area contributed by atoms with E-state index < -0.39 is 0 Å². The predicted octanol–water partition coefficient (Wildman–Crippen LogP) is 3.20. The van der Waals surface area contributed by atoms with Gasteiger partial charge in [-0.3, -0.25) is 0 Å². The van der Waals surface area contributed by atoms with E-state index in [2.05, 4.69) is 26.8 Å². The lowest BCUT2D eigenvalue weighted by atomic mass is 10.1. The quantitative estimate of drug-likeness (QED) is 0.795. The Hall–Kier alpha value is -1.36. The summed E-state index contributed by atoms with van der Waals surface area (Å²) in [5, 5.41) is 0.981. The average molecular weight is 323 g/mol. The molecular formula is C15H16Cl2N4. The molecule has 0 N–H and O–H groups in total. The Bertz CT molecular complexity index is 622. The number of anilines is 1. The van der Waals surface area contributed by atoms with Crippen molar-refractivity contribution in [3.05, 3.63) is 40.6 Å². The number of hydrogen-bond acceptors (Lipinski definition) is 4. The fourth-order valence-corrected chi connectivity index (χ4v) is 2.68. The Kier molecular flexibility index (Phi) is 4.29. The van der Waals surface area contributed by atoms with Crippen LogP contribution in [0, 0.1) is 0 Å². The van der Waals surface area contributed by atoms with E-state index in [4.69, 9.17) is 23.2 Å². The number of nitrogens with zero attached hydrogens (tertiary/aromatic N) is 4. The third-order valence-corrected chi connectivity index (χ3v) is 4.07. The molecule has 0 spiro atoms. The van der Waals surface area contributed by atoms with Gasteiger partial charge < -0.3 is 9.80 Å². The highest BCUT2D eigenvalue weighted by Crippen LogP contribution is 2.25. The summed E-state index contributed by atoms with van der Waals surface area (Å²) in [5.74, 6) is 0.882. The number of piperazine rings is 1. The van der Waals surface area contributed by atoms with Crippen molar-refractivity contribution in [2.45, 2.75) is 0 Å². The highest BCUT2D eigenvalue weighted by atomic mass is 35.5. The Morgan fingerprint density at radius 1 is 0.952 bits per heavy atom. The summed E-state index contributed by atoms with van der Waals surface area (Å²) in [6.07, 6.45) is 0. The van der Waals surface area contributed by atoms with Crippen LogP contribution < -0.4 is 4.90 Å². The van der Waals surface area contributed by atoms with E-state index in [1.165, 1.54) is 0 Å². The standard InChI is InChI=1S/C15H16Cl2N4/c1-20-6-8-21(9-7-20)14-10-13(18-15(17)19-14)11-2-4-12(16)5-3-11/h2-5,10H,6-9H2,1H3. The van der Waals surface area contributed by atoms with E-state index in [0.717, 1.165) is 43.3 Å². The van der Waals surface area contributed by atoms with Gasteiger partial charge in [0.15, 0.2) is 0 Å². The van der Waals surface area contributed by atoms with Gasteiger partial charge in [-0.1, -0.05) is 23.7 Å². The van der Waals surface area contributed by atoms with Crippen molar-refractivity contribution < 1.29 is 0 Å². The highest BCUT2D eigenvalue weighted by Gasteiger charge is 2.17. The fraction of sp³-hybridized carbons (Fsp3) is 0.333. The number of benzene rings is 1. The van der Waals surface area contributed by atoms with Crippen LogP contribution in [0.25, 0.3) is 11.3 Å². The molecule has 1 fully saturated rings. The molecule has 1 aliphatic heterocycles. The minimum absolute atomic E-state index is 0.274. The van der Waals surface area contributed by atoms with Gasteiger partial charge in [-0.15, -0.1) is 0 Å². The molecule has 0 unspecified atom stereocenters. The van der Waals surface area contributed by atoms with Crippen LogP contribution >= 0.6 is 23.2 Å². The zero-order chi connectivity index (χ0) is 14.8.